The van der Waals surface area contributed by atoms with Crippen LogP contribution in [0.25, 0.3) is 0 Å². The number of carboxylic acid groups (broad SMARTS) is 1. The highest BCUT2D eigenvalue weighted by Gasteiger charge is 2.02. The van der Waals surface area contributed by atoms with Gasteiger partial charge >= 0.3 is 0 Å². The van der Waals surface area contributed by atoms with Crippen LogP contribution in [-0.4, -0.2) is 17.3 Å². The Hall–Kier alpha value is -1.39. The van der Waals surface area contributed by atoms with Crippen LogP contribution in [0.15, 0.2) is 36.5 Å². The van der Waals surface area contributed by atoms with Crippen molar-refractivity contribution in [1.82, 2.24) is 0 Å². The lowest BCUT2D eigenvalue weighted by molar-refractivity contribution is -0.305. The Morgan fingerprint density at radius 1 is 1.04 bits per heavy atom. The Morgan fingerprint density at radius 3 is 2.54 bits per heavy atom. The molecule has 0 heterocycles. The summed E-state index contributed by atoms with van der Waals surface area (Å²) >= 11 is 0. The SMILES string of the molecule is CCCCC[C@@H](/C=C/C=C\C/C=C\CCCCCCC(=O)[O-])OO. The van der Waals surface area contributed by atoms with Gasteiger partial charge in [-0.2, -0.15) is 0 Å². The summed E-state index contributed by atoms with van der Waals surface area (Å²) < 4.78 is 0. The average molecular weight is 337 g/mol. The largest absolute Gasteiger partial charge is 0.550 e. The number of hydrogen-bond donors (Lipinski definition) is 1. The fraction of sp³-hybridized carbons (Fsp3) is 0.650. The van der Waals surface area contributed by atoms with Gasteiger partial charge in [-0.05, 0) is 38.5 Å². The smallest absolute Gasteiger partial charge is 0.111 e. The molecule has 0 amide bonds. The maximum absolute atomic E-state index is 10.2. The first-order valence-electron chi connectivity index (χ1n) is 9.19. The molecule has 4 heteroatoms. The lowest BCUT2D eigenvalue weighted by Crippen LogP contribution is -2.21. The van der Waals surface area contributed by atoms with E-state index in [0.29, 0.717) is 0 Å². The number of carbonyl (C=O) groups excluding carboxylic acids is 1. The van der Waals surface area contributed by atoms with E-state index in [1.54, 1.807) is 0 Å². The van der Waals surface area contributed by atoms with Gasteiger partial charge in [0.25, 0.3) is 0 Å². The van der Waals surface area contributed by atoms with Crippen molar-refractivity contribution in [1.29, 1.82) is 0 Å². The van der Waals surface area contributed by atoms with Gasteiger partial charge in [0, 0.05) is 5.97 Å². The summed E-state index contributed by atoms with van der Waals surface area (Å²) in [4.78, 5) is 14.7. The number of hydrogen-bond acceptors (Lipinski definition) is 4. The highest BCUT2D eigenvalue weighted by Crippen LogP contribution is 2.08. The molecule has 0 spiro atoms. The van der Waals surface area contributed by atoms with Crippen molar-refractivity contribution in [3.63, 3.8) is 0 Å². The fourth-order valence-electron chi connectivity index (χ4n) is 2.30. The van der Waals surface area contributed by atoms with Crippen LogP contribution in [0.2, 0.25) is 0 Å². The molecule has 0 unspecified atom stereocenters. The molecule has 0 aliphatic carbocycles. The zero-order valence-corrected chi connectivity index (χ0v) is 15.0. The fourth-order valence-corrected chi connectivity index (χ4v) is 2.30. The predicted molar refractivity (Wildman–Crippen MR) is 96.4 cm³/mol. The number of rotatable bonds is 16. The van der Waals surface area contributed by atoms with Gasteiger partial charge < -0.3 is 9.90 Å². The molecular formula is C20H33O4-. The zero-order valence-electron chi connectivity index (χ0n) is 15.0. The van der Waals surface area contributed by atoms with E-state index in [-0.39, 0.29) is 12.5 Å². The van der Waals surface area contributed by atoms with Crippen LogP contribution in [0.1, 0.15) is 77.6 Å². The third-order valence-electron chi connectivity index (χ3n) is 3.74. The van der Waals surface area contributed by atoms with Gasteiger partial charge in [-0.3, -0.25) is 5.26 Å². The minimum Gasteiger partial charge on any atom is -0.550 e. The second-order valence-electron chi connectivity index (χ2n) is 5.98. The van der Waals surface area contributed by atoms with E-state index < -0.39 is 5.97 Å². The van der Waals surface area contributed by atoms with Crippen LogP contribution in [0.4, 0.5) is 0 Å². The molecule has 0 saturated heterocycles. The van der Waals surface area contributed by atoms with Crippen molar-refractivity contribution >= 4 is 5.97 Å². The maximum atomic E-state index is 10.2. The van der Waals surface area contributed by atoms with E-state index in [0.717, 1.165) is 64.2 Å². The van der Waals surface area contributed by atoms with Gasteiger partial charge in [-0.1, -0.05) is 75.5 Å². The van der Waals surface area contributed by atoms with Crippen LogP contribution in [0.3, 0.4) is 0 Å². The minimum atomic E-state index is -0.950. The standard InChI is InChI=1S/C20H34O4/c1-2-3-13-16-19(24-23)17-14-11-9-7-5-4-6-8-10-12-15-18-20(21)22/h4-5,9,11,14,17,19,23H,2-3,6-8,10,12-13,15-16,18H2,1H3,(H,21,22)/p-1/b5-4-,11-9-,17-14+/t19-/m0/s1. The quantitative estimate of drug-likeness (QED) is 0.147. The Morgan fingerprint density at radius 2 is 1.83 bits per heavy atom. The Labute approximate surface area is 146 Å². The molecule has 0 rings (SSSR count). The summed E-state index contributed by atoms with van der Waals surface area (Å²) in [6.45, 7) is 2.15. The van der Waals surface area contributed by atoms with Crippen LogP contribution in [0, 0.1) is 0 Å². The minimum absolute atomic E-state index is 0.176. The summed E-state index contributed by atoms with van der Waals surface area (Å²) in [5.41, 5.74) is 0. The van der Waals surface area contributed by atoms with Gasteiger partial charge in [0.2, 0.25) is 0 Å². The molecule has 0 aromatic rings. The predicted octanol–water partition coefficient (Wildman–Crippen LogP) is 4.57. The number of aliphatic carboxylic acids is 1. The van der Waals surface area contributed by atoms with Crippen molar-refractivity contribution in [3.05, 3.63) is 36.5 Å². The topological polar surface area (TPSA) is 69.6 Å². The molecule has 4 nitrogen and oxygen atoms in total. The molecule has 0 aromatic carbocycles. The molecule has 138 valence electrons. The maximum Gasteiger partial charge on any atom is 0.111 e. The molecule has 1 atom stereocenters. The molecule has 0 aliphatic rings. The third-order valence-corrected chi connectivity index (χ3v) is 3.74. The van der Waals surface area contributed by atoms with E-state index in [2.05, 4.69) is 30.0 Å². The highest BCUT2D eigenvalue weighted by atomic mass is 17.1. The second-order valence-corrected chi connectivity index (χ2v) is 5.98. The van der Waals surface area contributed by atoms with Crippen molar-refractivity contribution in [2.24, 2.45) is 0 Å². The first-order valence-corrected chi connectivity index (χ1v) is 9.19. The van der Waals surface area contributed by atoms with Gasteiger partial charge in [-0.15, -0.1) is 0 Å². The zero-order chi connectivity index (χ0) is 17.9. The monoisotopic (exact) mass is 337 g/mol. The number of carboxylic acids is 1. The second kappa shape index (κ2) is 18.0. The summed E-state index contributed by atoms with van der Waals surface area (Å²) in [7, 11) is 0. The van der Waals surface area contributed by atoms with E-state index in [4.69, 9.17) is 5.26 Å². The molecule has 0 aromatic heterocycles. The highest BCUT2D eigenvalue weighted by molar-refractivity contribution is 5.64. The summed E-state index contributed by atoms with van der Waals surface area (Å²) in [5, 5.41) is 19.1. The normalized spacial score (nSPS) is 13.4. The Kier molecular flexibility index (Phi) is 16.9. The van der Waals surface area contributed by atoms with Gasteiger partial charge in [0.15, 0.2) is 0 Å². The van der Waals surface area contributed by atoms with Gasteiger partial charge in [0.1, 0.15) is 6.10 Å². The molecular weight excluding hydrogens is 304 g/mol. The van der Waals surface area contributed by atoms with Gasteiger partial charge in [0.05, 0.1) is 0 Å². The first kappa shape index (κ1) is 22.6. The number of allylic oxidation sites excluding steroid dienone is 5. The Bertz CT molecular complexity index is 372. The van der Waals surface area contributed by atoms with Crippen molar-refractivity contribution in [3.8, 4) is 0 Å². The van der Waals surface area contributed by atoms with Crippen LogP contribution < -0.4 is 5.11 Å². The molecule has 0 radical (unpaired) electrons. The first-order chi connectivity index (χ1) is 11.7. The van der Waals surface area contributed by atoms with Gasteiger partial charge in [-0.25, -0.2) is 4.89 Å². The van der Waals surface area contributed by atoms with Crippen molar-refractivity contribution < 1.29 is 20.0 Å². The lowest BCUT2D eigenvalue weighted by Gasteiger charge is -2.07. The molecule has 0 aliphatic heterocycles. The number of unbranched alkanes of at least 4 members (excludes halogenated alkanes) is 6. The molecule has 0 bridgehead atoms. The van der Waals surface area contributed by atoms with E-state index in [9.17, 15) is 9.90 Å². The number of carbonyl (C=O) groups is 1. The summed E-state index contributed by atoms with van der Waals surface area (Å²) in [5.74, 6) is -0.950. The summed E-state index contributed by atoms with van der Waals surface area (Å²) in [6.07, 6.45) is 22.1. The van der Waals surface area contributed by atoms with E-state index in [1.807, 2.05) is 18.2 Å². The van der Waals surface area contributed by atoms with Crippen LogP contribution >= 0.6 is 0 Å². The van der Waals surface area contributed by atoms with E-state index >= 15 is 0 Å². The molecule has 0 fully saturated rings. The lowest BCUT2D eigenvalue weighted by atomic mass is 10.1. The van der Waals surface area contributed by atoms with Crippen molar-refractivity contribution in [2.75, 3.05) is 0 Å². The molecule has 24 heavy (non-hydrogen) atoms. The van der Waals surface area contributed by atoms with E-state index in [1.165, 1.54) is 0 Å². The summed E-state index contributed by atoms with van der Waals surface area (Å²) in [6, 6.07) is 0. The Balaban J connectivity index is 3.58. The average Bonchev–Trinajstić information content (AvgIpc) is 2.57. The molecule has 1 N–H and O–H groups in total. The molecule has 0 saturated carbocycles. The van der Waals surface area contributed by atoms with Crippen LogP contribution in [-0.2, 0) is 9.68 Å². The third kappa shape index (κ3) is 17.0. The van der Waals surface area contributed by atoms with Crippen molar-refractivity contribution in [2.45, 2.75) is 83.7 Å². The van der Waals surface area contributed by atoms with Crippen LogP contribution in [0.5, 0.6) is 0 Å².